The molecule has 40 heavy (non-hydrogen) atoms. The summed E-state index contributed by atoms with van der Waals surface area (Å²) >= 11 is 0. The van der Waals surface area contributed by atoms with E-state index in [1.807, 2.05) is 31.2 Å². The number of amides is 1. The highest BCUT2D eigenvalue weighted by atomic mass is 19.1. The van der Waals surface area contributed by atoms with E-state index in [0.717, 1.165) is 35.7 Å². The van der Waals surface area contributed by atoms with Gasteiger partial charge in [-0.25, -0.2) is 13.2 Å². The number of hydrogen-bond acceptors (Lipinski definition) is 4. The van der Waals surface area contributed by atoms with Gasteiger partial charge in [0.1, 0.15) is 23.1 Å². The molecule has 0 saturated heterocycles. The van der Waals surface area contributed by atoms with Gasteiger partial charge >= 0.3 is 0 Å². The van der Waals surface area contributed by atoms with Gasteiger partial charge in [0, 0.05) is 37.0 Å². The highest BCUT2D eigenvalue weighted by molar-refractivity contribution is 6.10. The minimum atomic E-state index is -1.24. The van der Waals surface area contributed by atoms with Crippen LogP contribution in [0.25, 0.3) is 0 Å². The van der Waals surface area contributed by atoms with Crippen LogP contribution < -0.4 is 5.73 Å². The number of carbonyl (C=O) groups excluding carboxylic acids is 2. The lowest BCUT2D eigenvalue weighted by atomic mass is 10.0. The van der Waals surface area contributed by atoms with Crippen LogP contribution in [0, 0.1) is 17.5 Å². The number of aliphatic hydroxyl groups excluding tert-OH is 1. The van der Waals surface area contributed by atoms with Crippen molar-refractivity contribution >= 4 is 11.7 Å². The lowest BCUT2D eigenvalue weighted by Crippen LogP contribution is -2.46. The number of carbonyl (C=O) groups is 2. The molecular weight excluding hydrogens is 519 g/mol. The molecule has 208 valence electrons. The summed E-state index contributed by atoms with van der Waals surface area (Å²) in [6, 6.07) is 16.6. The fourth-order valence-corrected chi connectivity index (χ4v) is 4.51. The first kappa shape index (κ1) is 28.8. The quantitative estimate of drug-likeness (QED) is 0.234. The molecule has 1 amide bonds. The first-order valence-corrected chi connectivity index (χ1v) is 12.9. The van der Waals surface area contributed by atoms with Crippen LogP contribution in [0.3, 0.4) is 0 Å². The van der Waals surface area contributed by atoms with Crippen molar-refractivity contribution in [2.24, 2.45) is 5.73 Å². The number of nitrogens with two attached hydrogens (primary N) is 1. The average molecular weight is 550 g/mol. The fourth-order valence-electron chi connectivity index (χ4n) is 4.51. The lowest BCUT2D eigenvalue weighted by Gasteiger charge is -2.28. The molecule has 6 nitrogen and oxygen atoms in total. The summed E-state index contributed by atoms with van der Waals surface area (Å²) in [6.07, 6.45) is 0.863. The van der Waals surface area contributed by atoms with Gasteiger partial charge in [0.05, 0.1) is 11.7 Å². The third kappa shape index (κ3) is 7.05. The van der Waals surface area contributed by atoms with E-state index in [2.05, 4.69) is 4.98 Å². The van der Waals surface area contributed by atoms with Crippen LogP contribution in [0.5, 0.6) is 0 Å². The largest absolute Gasteiger partial charge is 0.390 e. The Labute approximate surface area is 230 Å². The third-order valence-corrected chi connectivity index (χ3v) is 6.65. The van der Waals surface area contributed by atoms with Crippen LogP contribution >= 0.6 is 0 Å². The van der Waals surface area contributed by atoms with Crippen molar-refractivity contribution in [3.8, 4) is 0 Å². The normalized spacial score (nSPS) is 12.7. The predicted molar refractivity (Wildman–Crippen MR) is 145 cm³/mol. The number of aliphatic hydroxyl groups is 1. The van der Waals surface area contributed by atoms with Crippen LogP contribution in [0.2, 0.25) is 0 Å². The van der Waals surface area contributed by atoms with Crippen LogP contribution in [-0.2, 0) is 19.4 Å². The molecule has 0 spiro atoms. The second-order valence-corrected chi connectivity index (χ2v) is 9.68. The molecule has 0 unspecified atom stereocenters. The average Bonchev–Trinajstić information content (AvgIpc) is 3.42. The number of rotatable bonds is 11. The minimum Gasteiger partial charge on any atom is -0.390 e. The zero-order valence-electron chi connectivity index (χ0n) is 21.9. The van der Waals surface area contributed by atoms with Gasteiger partial charge in [-0.1, -0.05) is 43.3 Å². The molecule has 0 aliphatic carbocycles. The maximum absolute atomic E-state index is 14.2. The SMILES string of the molecule is CCc1cccc(CN(C[C@@H](O)[C@@H](N)Cc2cc(F)cc(F)c2)C(=O)c2cc(C(=O)c3ccccc3F)c[nH]2)c1. The Kier molecular flexibility index (Phi) is 9.19. The molecule has 0 aliphatic heterocycles. The van der Waals surface area contributed by atoms with Gasteiger partial charge in [-0.2, -0.15) is 0 Å². The monoisotopic (exact) mass is 549 g/mol. The molecular formula is C31H30F3N3O3. The summed E-state index contributed by atoms with van der Waals surface area (Å²) in [5.41, 5.74) is 8.38. The maximum atomic E-state index is 14.2. The smallest absolute Gasteiger partial charge is 0.270 e. The molecule has 0 fully saturated rings. The van der Waals surface area contributed by atoms with E-state index < -0.39 is 41.3 Å². The van der Waals surface area contributed by atoms with Crippen molar-refractivity contribution in [3.05, 3.63) is 130 Å². The number of halogens is 3. The number of aromatic nitrogens is 1. The van der Waals surface area contributed by atoms with E-state index in [0.29, 0.717) is 0 Å². The first-order valence-electron chi connectivity index (χ1n) is 12.9. The van der Waals surface area contributed by atoms with Crippen molar-refractivity contribution in [2.75, 3.05) is 6.54 Å². The number of nitrogens with zero attached hydrogens (tertiary/aromatic N) is 1. The van der Waals surface area contributed by atoms with E-state index in [1.54, 1.807) is 6.07 Å². The van der Waals surface area contributed by atoms with Crippen molar-refractivity contribution in [1.29, 1.82) is 0 Å². The van der Waals surface area contributed by atoms with E-state index in [4.69, 9.17) is 5.73 Å². The topological polar surface area (TPSA) is 99.4 Å². The second-order valence-electron chi connectivity index (χ2n) is 9.68. The minimum absolute atomic E-state index is 0.0208. The molecule has 1 aromatic heterocycles. The van der Waals surface area contributed by atoms with Crippen molar-refractivity contribution in [2.45, 2.75) is 38.5 Å². The molecule has 0 bridgehead atoms. The van der Waals surface area contributed by atoms with Gasteiger partial charge < -0.3 is 20.7 Å². The molecule has 4 N–H and O–H groups in total. The van der Waals surface area contributed by atoms with Gasteiger partial charge in [-0.15, -0.1) is 0 Å². The number of aromatic amines is 1. The summed E-state index contributed by atoms with van der Waals surface area (Å²) in [5, 5.41) is 10.9. The van der Waals surface area contributed by atoms with Crippen molar-refractivity contribution < 1.29 is 27.9 Å². The van der Waals surface area contributed by atoms with Crippen LogP contribution in [-0.4, -0.2) is 45.4 Å². The number of hydrogen-bond donors (Lipinski definition) is 3. The van der Waals surface area contributed by atoms with E-state index in [-0.39, 0.29) is 41.9 Å². The Balaban J connectivity index is 1.56. The van der Waals surface area contributed by atoms with E-state index in [1.165, 1.54) is 35.4 Å². The lowest BCUT2D eigenvalue weighted by molar-refractivity contribution is 0.0550. The van der Waals surface area contributed by atoms with Crippen LogP contribution in [0.4, 0.5) is 13.2 Å². The molecule has 2 atom stereocenters. The van der Waals surface area contributed by atoms with Gasteiger partial charge in [0.15, 0.2) is 5.78 Å². The Hall–Kier alpha value is -4.21. The zero-order valence-corrected chi connectivity index (χ0v) is 21.9. The number of ketones is 1. The molecule has 1 heterocycles. The highest BCUT2D eigenvalue weighted by Crippen LogP contribution is 2.18. The molecule has 3 aromatic carbocycles. The Morgan fingerprint density at radius 2 is 1.62 bits per heavy atom. The number of nitrogens with one attached hydrogen (secondary N) is 1. The summed E-state index contributed by atoms with van der Waals surface area (Å²) < 4.78 is 41.4. The fraction of sp³-hybridized carbons (Fsp3) is 0.226. The second kappa shape index (κ2) is 12.8. The number of H-pyrrole nitrogens is 1. The Morgan fingerprint density at radius 3 is 2.33 bits per heavy atom. The zero-order chi connectivity index (χ0) is 28.8. The summed E-state index contributed by atoms with van der Waals surface area (Å²) in [6.45, 7) is 1.94. The van der Waals surface area contributed by atoms with Crippen LogP contribution in [0.15, 0.2) is 79.0 Å². The number of aryl methyl sites for hydroxylation is 1. The number of benzene rings is 3. The van der Waals surface area contributed by atoms with Crippen LogP contribution in [0.1, 0.15) is 50.0 Å². The molecule has 4 aromatic rings. The summed E-state index contributed by atoms with van der Waals surface area (Å²) in [5.74, 6) is -3.28. The molecule has 4 rings (SSSR count). The Morgan fingerprint density at radius 1 is 0.925 bits per heavy atom. The standard InChI is InChI=1S/C31H30F3N3O3/c1-2-19-6-5-7-20(10-19)17-37(18-29(38)27(35)13-21-11-23(32)15-24(33)12-21)31(40)28-14-22(16-36-28)30(39)25-8-3-4-9-26(25)34/h3-12,14-16,27,29,36,38H,2,13,17-18,35H2,1H3/t27-,29+/m0/s1. The predicted octanol–water partition coefficient (Wildman–Crippen LogP) is 4.80. The maximum Gasteiger partial charge on any atom is 0.270 e. The molecule has 0 aliphatic rings. The first-order chi connectivity index (χ1) is 19.1. The highest BCUT2D eigenvalue weighted by Gasteiger charge is 2.26. The molecule has 0 radical (unpaired) electrons. The summed E-state index contributed by atoms with van der Waals surface area (Å²) in [7, 11) is 0. The van der Waals surface area contributed by atoms with Gasteiger partial charge in [0.2, 0.25) is 0 Å². The van der Waals surface area contributed by atoms with E-state index in [9.17, 15) is 27.9 Å². The van der Waals surface area contributed by atoms with E-state index >= 15 is 0 Å². The molecule has 9 heteroatoms. The summed E-state index contributed by atoms with van der Waals surface area (Å²) in [4.78, 5) is 30.6. The third-order valence-electron chi connectivity index (χ3n) is 6.65. The van der Waals surface area contributed by atoms with Crippen molar-refractivity contribution in [3.63, 3.8) is 0 Å². The molecule has 0 saturated carbocycles. The Bertz CT molecular complexity index is 1480. The van der Waals surface area contributed by atoms with Gasteiger partial charge in [0.25, 0.3) is 5.91 Å². The van der Waals surface area contributed by atoms with Gasteiger partial charge in [-0.3, -0.25) is 9.59 Å². The van der Waals surface area contributed by atoms with Crippen molar-refractivity contribution in [1.82, 2.24) is 9.88 Å². The van der Waals surface area contributed by atoms with Gasteiger partial charge in [-0.05, 0) is 59.9 Å².